The zero-order chi connectivity index (χ0) is 17.0. The molecule has 6 nitrogen and oxygen atoms in total. The number of nitro groups is 1. The van der Waals surface area contributed by atoms with E-state index in [1.165, 1.54) is 12.1 Å². The summed E-state index contributed by atoms with van der Waals surface area (Å²) in [4.78, 5) is 22.7. The fraction of sp³-hybridized carbons (Fsp3) is 0.188. The molecule has 0 radical (unpaired) electrons. The number of carbonyl (C=O) groups is 1. The number of carbonyl (C=O) groups excluding carboxylic acids is 1. The van der Waals surface area contributed by atoms with Crippen LogP contribution in [-0.2, 0) is 4.79 Å². The van der Waals surface area contributed by atoms with Gasteiger partial charge < -0.3 is 10.1 Å². The molecule has 0 aromatic heterocycles. The molecule has 2 aromatic rings. The second-order valence-corrected chi connectivity index (χ2v) is 6.16. The van der Waals surface area contributed by atoms with Crippen molar-refractivity contribution in [2.24, 2.45) is 0 Å². The van der Waals surface area contributed by atoms with Crippen LogP contribution in [-0.4, -0.2) is 16.9 Å². The van der Waals surface area contributed by atoms with Gasteiger partial charge >= 0.3 is 0 Å². The molecule has 0 spiro atoms. The summed E-state index contributed by atoms with van der Waals surface area (Å²) in [5.74, 6) is 0.218. The van der Waals surface area contributed by atoms with Crippen LogP contribution < -0.4 is 10.1 Å². The smallest absolute Gasteiger partial charge is 0.274 e. The first kappa shape index (κ1) is 17.2. The third-order valence-electron chi connectivity index (χ3n) is 3.26. The monoisotopic (exact) mass is 426 g/mol. The van der Waals surface area contributed by atoms with Crippen LogP contribution in [0.15, 0.2) is 42.5 Å². The Labute approximate surface area is 147 Å². The van der Waals surface area contributed by atoms with Crippen molar-refractivity contribution in [1.82, 2.24) is 0 Å². The van der Waals surface area contributed by atoms with E-state index < -0.39 is 11.0 Å². The minimum absolute atomic E-state index is 0.0333. The maximum Gasteiger partial charge on any atom is 0.274 e. The summed E-state index contributed by atoms with van der Waals surface area (Å²) in [6.45, 7) is 3.22. The number of hydrogen-bond acceptors (Lipinski definition) is 4. The van der Waals surface area contributed by atoms with Crippen molar-refractivity contribution < 1.29 is 14.5 Å². The highest BCUT2D eigenvalue weighted by molar-refractivity contribution is 14.1. The Balaban J connectivity index is 2.08. The van der Waals surface area contributed by atoms with Gasteiger partial charge in [0.1, 0.15) is 5.75 Å². The maximum atomic E-state index is 12.2. The number of nitro benzene ring substituents is 1. The zero-order valence-electron chi connectivity index (χ0n) is 12.6. The van der Waals surface area contributed by atoms with E-state index in [0.29, 0.717) is 17.0 Å². The van der Waals surface area contributed by atoms with Gasteiger partial charge in [-0.15, -0.1) is 0 Å². The number of ether oxygens (including phenoxy) is 1. The first-order chi connectivity index (χ1) is 10.9. The summed E-state index contributed by atoms with van der Waals surface area (Å²) in [7, 11) is 0. The van der Waals surface area contributed by atoms with Crippen LogP contribution >= 0.6 is 22.6 Å². The highest BCUT2D eigenvalue weighted by Gasteiger charge is 2.19. The van der Waals surface area contributed by atoms with E-state index in [2.05, 4.69) is 27.9 Å². The van der Waals surface area contributed by atoms with E-state index >= 15 is 0 Å². The van der Waals surface area contributed by atoms with E-state index in [0.717, 1.165) is 3.57 Å². The molecule has 1 atom stereocenters. The van der Waals surface area contributed by atoms with Crippen LogP contribution in [0, 0.1) is 20.6 Å². The Morgan fingerprint density at radius 1 is 1.26 bits per heavy atom. The van der Waals surface area contributed by atoms with Crippen molar-refractivity contribution in [3.05, 3.63) is 61.7 Å². The molecule has 1 N–H and O–H groups in total. The second kappa shape index (κ2) is 7.40. The second-order valence-electron chi connectivity index (χ2n) is 4.91. The number of nitrogens with zero attached hydrogens (tertiary/aromatic N) is 1. The normalized spacial score (nSPS) is 11.6. The van der Waals surface area contributed by atoms with Crippen LogP contribution in [0.5, 0.6) is 5.75 Å². The van der Waals surface area contributed by atoms with E-state index in [1.807, 2.05) is 12.1 Å². The lowest BCUT2D eigenvalue weighted by Gasteiger charge is -2.15. The fourth-order valence-electron chi connectivity index (χ4n) is 1.96. The summed E-state index contributed by atoms with van der Waals surface area (Å²) in [6.07, 6.45) is -0.728. The van der Waals surface area contributed by atoms with Crippen molar-refractivity contribution in [3.8, 4) is 5.75 Å². The minimum atomic E-state index is -0.728. The Bertz CT molecular complexity index is 731. The zero-order valence-corrected chi connectivity index (χ0v) is 14.7. The lowest BCUT2D eigenvalue weighted by atomic mass is 10.1. The molecule has 2 rings (SSSR count). The third kappa shape index (κ3) is 4.41. The van der Waals surface area contributed by atoms with Gasteiger partial charge in [-0.2, -0.15) is 0 Å². The number of benzene rings is 2. The van der Waals surface area contributed by atoms with E-state index in [9.17, 15) is 14.9 Å². The van der Waals surface area contributed by atoms with Gasteiger partial charge in [0.15, 0.2) is 6.10 Å². The molecule has 0 saturated carbocycles. The molecule has 0 bridgehead atoms. The quantitative estimate of drug-likeness (QED) is 0.447. The van der Waals surface area contributed by atoms with Gasteiger partial charge in [0.2, 0.25) is 0 Å². The molecule has 2 aromatic carbocycles. The van der Waals surface area contributed by atoms with Crippen LogP contribution in [0.1, 0.15) is 12.5 Å². The third-order valence-corrected chi connectivity index (χ3v) is 3.97. The van der Waals surface area contributed by atoms with E-state index in [4.69, 9.17) is 4.74 Å². The molecule has 0 fully saturated rings. The molecule has 0 aliphatic carbocycles. The Morgan fingerprint density at radius 3 is 2.52 bits per heavy atom. The molecule has 1 unspecified atom stereocenters. The average molecular weight is 426 g/mol. The molecule has 0 heterocycles. The van der Waals surface area contributed by atoms with Crippen molar-refractivity contribution in [2.75, 3.05) is 5.32 Å². The number of anilines is 1. The molecule has 120 valence electrons. The molecule has 1 amide bonds. The maximum absolute atomic E-state index is 12.2. The van der Waals surface area contributed by atoms with Gasteiger partial charge in [-0.1, -0.05) is 6.07 Å². The predicted molar refractivity (Wildman–Crippen MR) is 95.7 cm³/mol. The topological polar surface area (TPSA) is 81.5 Å². The largest absolute Gasteiger partial charge is 0.481 e. The van der Waals surface area contributed by atoms with Crippen molar-refractivity contribution in [1.29, 1.82) is 0 Å². The average Bonchev–Trinajstić information content (AvgIpc) is 2.51. The summed E-state index contributed by atoms with van der Waals surface area (Å²) in [6, 6.07) is 11.9. The Kier molecular flexibility index (Phi) is 5.54. The minimum Gasteiger partial charge on any atom is -0.481 e. The highest BCUT2D eigenvalue weighted by Crippen LogP contribution is 2.25. The lowest BCUT2D eigenvalue weighted by molar-refractivity contribution is -0.385. The van der Waals surface area contributed by atoms with Crippen LogP contribution in [0.3, 0.4) is 0 Å². The number of amides is 1. The van der Waals surface area contributed by atoms with Gasteiger partial charge in [0.05, 0.1) is 16.2 Å². The van der Waals surface area contributed by atoms with E-state index in [-0.39, 0.29) is 11.6 Å². The number of halogens is 1. The van der Waals surface area contributed by atoms with Crippen molar-refractivity contribution in [3.63, 3.8) is 0 Å². The standard InChI is InChI=1S/C16H15IN2O4/c1-10-14(4-3-5-15(10)19(21)22)18-16(20)11(2)23-13-8-6-12(17)7-9-13/h3-9,11H,1-2H3,(H,18,20). The number of rotatable bonds is 5. The molecule has 23 heavy (non-hydrogen) atoms. The van der Waals surface area contributed by atoms with Gasteiger partial charge in [-0.25, -0.2) is 0 Å². The summed E-state index contributed by atoms with van der Waals surface area (Å²) in [5.41, 5.74) is 0.781. The Morgan fingerprint density at radius 2 is 1.91 bits per heavy atom. The van der Waals surface area contributed by atoms with Crippen molar-refractivity contribution in [2.45, 2.75) is 20.0 Å². The fourth-order valence-corrected chi connectivity index (χ4v) is 2.32. The molecular formula is C16H15IN2O4. The Hall–Kier alpha value is -2.16. The number of nitrogens with one attached hydrogen (secondary N) is 1. The summed E-state index contributed by atoms with van der Waals surface area (Å²) >= 11 is 2.18. The molecule has 0 aliphatic heterocycles. The number of hydrogen-bond donors (Lipinski definition) is 1. The first-order valence-corrected chi connectivity index (χ1v) is 7.93. The molecular weight excluding hydrogens is 411 g/mol. The van der Waals surface area contributed by atoms with Gasteiger partial charge in [-0.3, -0.25) is 14.9 Å². The first-order valence-electron chi connectivity index (χ1n) is 6.85. The van der Waals surface area contributed by atoms with Crippen LogP contribution in [0.4, 0.5) is 11.4 Å². The van der Waals surface area contributed by atoms with Crippen LogP contribution in [0.25, 0.3) is 0 Å². The summed E-state index contributed by atoms with van der Waals surface area (Å²) in [5, 5.41) is 13.6. The van der Waals surface area contributed by atoms with E-state index in [1.54, 1.807) is 32.0 Å². The lowest BCUT2D eigenvalue weighted by Crippen LogP contribution is -2.30. The molecule has 0 aliphatic rings. The van der Waals surface area contributed by atoms with Gasteiger partial charge in [0.25, 0.3) is 11.6 Å². The van der Waals surface area contributed by atoms with Crippen molar-refractivity contribution >= 4 is 39.9 Å². The van der Waals surface area contributed by atoms with Gasteiger partial charge in [0, 0.05) is 9.64 Å². The summed E-state index contributed by atoms with van der Waals surface area (Å²) < 4.78 is 6.64. The molecule has 0 saturated heterocycles. The highest BCUT2D eigenvalue weighted by atomic mass is 127. The van der Waals surface area contributed by atoms with Gasteiger partial charge in [-0.05, 0) is 66.8 Å². The predicted octanol–water partition coefficient (Wildman–Crippen LogP) is 3.91. The van der Waals surface area contributed by atoms with Crippen LogP contribution in [0.2, 0.25) is 0 Å². The SMILES string of the molecule is Cc1c(NC(=O)C(C)Oc2ccc(I)cc2)cccc1[N+](=O)[O-]. The molecule has 7 heteroatoms.